The normalized spacial score (nSPS) is 20.0. The third-order valence-corrected chi connectivity index (χ3v) is 3.64. The highest BCUT2D eigenvalue weighted by Crippen LogP contribution is 2.35. The third-order valence-electron chi connectivity index (χ3n) is 3.64. The van der Waals surface area contributed by atoms with Gasteiger partial charge in [-0.1, -0.05) is 24.3 Å². The van der Waals surface area contributed by atoms with Gasteiger partial charge in [-0.05, 0) is 12.0 Å². The summed E-state index contributed by atoms with van der Waals surface area (Å²) in [4.78, 5) is 0. The summed E-state index contributed by atoms with van der Waals surface area (Å²) in [6, 6.07) is 5.50. The van der Waals surface area contributed by atoms with Crippen molar-refractivity contribution < 1.29 is 9.47 Å². The summed E-state index contributed by atoms with van der Waals surface area (Å²) in [7, 11) is 1.52. The van der Waals surface area contributed by atoms with E-state index in [4.69, 9.17) is 21.2 Å². The fourth-order valence-corrected chi connectivity index (χ4v) is 2.39. The standard InChI is InChI=1S/C15H21N9O2/c1-8(2)10-5-11(25-3)9(6-16)4-12(10)26-13-7-19-15(22-24-18)20-14(13)21-23-17/h4-5,7-8,14-15,19-20H,1-3H3,(H2,17,21)(H2,18,22). The zero-order chi connectivity index (χ0) is 19.1. The van der Waals surface area contributed by atoms with Crippen molar-refractivity contribution >= 4 is 0 Å². The molecule has 1 aliphatic rings. The first-order valence-corrected chi connectivity index (χ1v) is 7.76. The minimum Gasteiger partial charge on any atom is -0.495 e. The average Bonchev–Trinajstić information content (AvgIpc) is 2.63. The molecule has 1 aliphatic heterocycles. The molecule has 11 nitrogen and oxygen atoms in total. The van der Waals surface area contributed by atoms with Gasteiger partial charge in [-0.25, -0.2) is 5.32 Å². The zero-order valence-corrected chi connectivity index (χ0v) is 14.7. The lowest BCUT2D eigenvalue weighted by atomic mass is 9.99. The largest absolute Gasteiger partial charge is 0.495 e. The maximum atomic E-state index is 9.33. The number of ether oxygens (including phenoxy) is 2. The molecule has 0 amide bonds. The van der Waals surface area contributed by atoms with Gasteiger partial charge in [0.25, 0.3) is 0 Å². The fourth-order valence-electron chi connectivity index (χ4n) is 2.39. The second-order valence-corrected chi connectivity index (χ2v) is 5.61. The van der Waals surface area contributed by atoms with Gasteiger partial charge in [0.15, 0.2) is 18.2 Å². The molecule has 2 rings (SSSR count). The molecule has 138 valence electrons. The summed E-state index contributed by atoms with van der Waals surface area (Å²) < 4.78 is 11.3. The molecule has 0 radical (unpaired) electrons. The first-order chi connectivity index (χ1) is 12.5. The summed E-state index contributed by atoms with van der Waals surface area (Å²) in [6.07, 6.45) is 0.262. The van der Waals surface area contributed by atoms with Crippen molar-refractivity contribution in [3.05, 3.63) is 35.2 Å². The molecule has 0 saturated heterocycles. The topological polar surface area (TPSA) is 168 Å². The van der Waals surface area contributed by atoms with Crippen molar-refractivity contribution in [2.75, 3.05) is 7.11 Å². The van der Waals surface area contributed by atoms with Gasteiger partial charge in [0, 0.05) is 17.8 Å². The predicted octanol–water partition coefficient (Wildman–Crippen LogP) is 1.36. The van der Waals surface area contributed by atoms with Crippen LogP contribution in [-0.4, -0.2) is 19.6 Å². The van der Waals surface area contributed by atoms with Crippen LogP contribution in [0.25, 0.3) is 0 Å². The summed E-state index contributed by atoms with van der Waals surface area (Å²) >= 11 is 0. The molecule has 0 fully saturated rings. The van der Waals surface area contributed by atoms with Gasteiger partial charge < -0.3 is 26.5 Å². The molecular formula is C15H21N9O2. The smallest absolute Gasteiger partial charge is 0.197 e. The second-order valence-electron chi connectivity index (χ2n) is 5.61. The highest BCUT2D eigenvalue weighted by atomic mass is 16.5. The Kier molecular flexibility index (Phi) is 6.29. The Hall–Kier alpha value is -3.39. The quantitative estimate of drug-likeness (QED) is 0.338. The molecule has 0 saturated carbocycles. The van der Waals surface area contributed by atoms with E-state index in [9.17, 15) is 5.26 Å². The van der Waals surface area contributed by atoms with Crippen molar-refractivity contribution in [2.24, 2.45) is 32.4 Å². The van der Waals surface area contributed by atoms with Crippen LogP contribution in [0.15, 0.2) is 44.8 Å². The molecule has 6 N–H and O–H groups in total. The van der Waals surface area contributed by atoms with Crippen molar-refractivity contribution in [3.8, 4) is 17.6 Å². The van der Waals surface area contributed by atoms with Gasteiger partial charge in [-0.3, -0.25) is 0 Å². The minimum absolute atomic E-state index is 0.130. The Morgan fingerprint density at radius 3 is 2.50 bits per heavy atom. The molecule has 2 atom stereocenters. The van der Waals surface area contributed by atoms with Crippen LogP contribution in [0, 0.1) is 11.3 Å². The number of benzene rings is 1. The van der Waals surface area contributed by atoms with Crippen molar-refractivity contribution in [2.45, 2.75) is 32.2 Å². The van der Waals surface area contributed by atoms with E-state index in [-0.39, 0.29) is 5.92 Å². The van der Waals surface area contributed by atoms with Crippen LogP contribution in [0.5, 0.6) is 11.5 Å². The molecule has 1 aromatic rings. The number of nitrogens with zero attached hydrogens (tertiary/aromatic N) is 5. The molecule has 0 aliphatic carbocycles. The monoisotopic (exact) mass is 359 g/mol. The lowest BCUT2D eigenvalue weighted by Crippen LogP contribution is -2.49. The molecule has 11 heteroatoms. The Balaban J connectivity index is 2.40. The van der Waals surface area contributed by atoms with E-state index in [1.54, 1.807) is 18.3 Å². The number of nitrogens with two attached hydrogens (primary N) is 2. The minimum atomic E-state index is -0.704. The van der Waals surface area contributed by atoms with Crippen LogP contribution in [0.3, 0.4) is 0 Å². The SMILES string of the molecule is COc1cc(C(C)C)c(OC2=CNC(N=NN)NC2N=NN)cc1C#N. The van der Waals surface area contributed by atoms with E-state index in [1.807, 2.05) is 13.8 Å². The van der Waals surface area contributed by atoms with Crippen LogP contribution in [0.4, 0.5) is 0 Å². The van der Waals surface area contributed by atoms with Gasteiger partial charge in [-0.15, -0.1) is 10.2 Å². The summed E-state index contributed by atoms with van der Waals surface area (Å²) in [6.45, 7) is 4.02. The fraction of sp³-hybridized carbons (Fsp3) is 0.400. The molecule has 0 bridgehead atoms. The maximum absolute atomic E-state index is 9.33. The van der Waals surface area contributed by atoms with E-state index in [2.05, 4.69) is 37.4 Å². The number of methoxy groups -OCH3 is 1. The first kappa shape index (κ1) is 18.9. The predicted molar refractivity (Wildman–Crippen MR) is 92.4 cm³/mol. The molecule has 0 aromatic heterocycles. The average molecular weight is 359 g/mol. The molecular weight excluding hydrogens is 338 g/mol. The molecule has 1 heterocycles. The molecule has 26 heavy (non-hydrogen) atoms. The lowest BCUT2D eigenvalue weighted by molar-refractivity contribution is 0.289. The Morgan fingerprint density at radius 2 is 1.92 bits per heavy atom. The molecule has 1 aromatic carbocycles. The zero-order valence-electron chi connectivity index (χ0n) is 14.7. The summed E-state index contributed by atoms with van der Waals surface area (Å²) in [5.41, 5.74) is 1.23. The maximum Gasteiger partial charge on any atom is 0.197 e. The second kappa shape index (κ2) is 8.63. The van der Waals surface area contributed by atoms with Crippen LogP contribution in [-0.2, 0) is 0 Å². The van der Waals surface area contributed by atoms with E-state index in [0.717, 1.165) is 5.56 Å². The number of nitriles is 1. The Bertz CT molecular complexity index is 767. The number of rotatable bonds is 6. The van der Waals surface area contributed by atoms with Crippen LogP contribution >= 0.6 is 0 Å². The number of hydrogen-bond donors (Lipinski definition) is 4. The van der Waals surface area contributed by atoms with Gasteiger partial charge >= 0.3 is 0 Å². The van der Waals surface area contributed by atoms with Crippen molar-refractivity contribution in [1.29, 1.82) is 5.26 Å². The first-order valence-electron chi connectivity index (χ1n) is 7.76. The number of hydrogen-bond acceptors (Lipinski definition) is 9. The molecule has 2 unspecified atom stereocenters. The van der Waals surface area contributed by atoms with E-state index < -0.39 is 12.5 Å². The van der Waals surface area contributed by atoms with Gasteiger partial charge in [0.05, 0.1) is 12.7 Å². The number of nitrogens with one attached hydrogen (secondary N) is 2. The van der Waals surface area contributed by atoms with E-state index >= 15 is 0 Å². The van der Waals surface area contributed by atoms with Crippen LogP contribution in [0.1, 0.15) is 30.9 Å². The van der Waals surface area contributed by atoms with E-state index in [1.165, 1.54) is 7.11 Å². The Morgan fingerprint density at radius 1 is 1.19 bits per heavy atom. The van der Waals surface area contributed by atoms with Crippen molar-refractivity contribution in [3.63, 3.8) is 0 Å². The Labute approximate surface area is 150 Å². The van der Waals surface area contributed by atoms with Gasteiger partial charge in [0.1, 0.15) is 17.6 Å². The van der Waals surface area contributed by atoms with Crippen LogP contribution < -0.4 is 31.8 Å². The highest BCUT2D eigenvalue weighted by molar-refractivity contribution is 5.53. The summed E-state index contributed by atoms with van der Waals surface area (Å²) in [5.74, 6) is 11.7. The third kappa shape index (κ3) is 4.17. The summed E-state index contributed by atoms with van der Waals surface area (Å²) in [5, 5.41) is 29.3. The highest BCUT2D eigenvalue weighted by Gasteiger charge is 2.26. The van der Waals surface area contributed by atoms with Crippen LogP contribution in [0.2, 0.25) is 0 Å². The van der Waals surface area contributed by atoms with Gasteiger partial charge in [0.2, 0.25) is 0 Å². The van der Waals surface area contributed by atoms with Gasteiger partial charge in [-0.2, -0.15) is 5.26 Å². The van der Waals surface area contributed by atoms with Crippen molar-refractivity contribution in [1.82, 2.24) is 10.6 Å². The van der Waals surface area contributed by atoms with E-state index in [0.29, 0.717) is 22.8 Å². The molecule has 0 spiro atoms. The lowest BCUT2D eigenvalue weighted by Gasteiger charge is -2.27.